The smallest absolute Gasteiger partial charge is 0.313 e. The Balaban J connectivity index is 2.02. The lowest BCUT2D eigenvalue weighted by Crippen LogP contribution is -2.37. The lowest BCUT2D eigenvalue weighted by atomic mass is 10.3. The van der Waals surface area contributed by atoms with Crippen LogP contribution in [0.5, 0.6) is 0 Å². The first-order valence-corrected chi connectivity index (χ1v) is 6.67. The Morgan fingerprint density at radius 1 is 1.36 bits per heavy atom. The van der Waals surface area contributed by atoms with Gasteiger partial charge in [0.05, 0.1) is 16.8 Å². The largest absolute Gasteiger partial charge is 0.338 e. The van der Waals surface area contributed by atoms with E-state index in [9.17, 15) is 14.0 Å². The Morgan fingerprint density at radius 3 is 2.73 bits per heavy atom. The summed E-state index contributed by atoms with van der Waals surface area (Å²) in [5.41, 5.74) is 0.0214. The van der Waals surface area contributed by atoms with Crippen molar-refractivity contribution in [1.82, 2.24) is 20.1 Å². The Morgan fingerprint density at radius 2 is 2.09 bits per heavy atom. The van der Waals surface area contributed by atoms with E-state index >= 15 is 0 Å². The summed E-state index contributed by atoms with van der Waals surface area (Å²) < 4.78 is 14.7. The number of anilines is 1. The first-order chi connectivity index (χ1) is 10.4. The molecule has 2 N–H and O–H groups in total. The predicted octanol–water partition coefficient (Wildman–Crippen LogP) is 1.42. The van der Waals surface area contributed by atoms with E-state index in [0.29, 0.717) is 5.82 Å². The number of nitrogens with zero attached hydrogens (tertiary/aromatic N) is 3. The van der Waals surface area contributed by atoms with Crippen LogP contribution in [0.25, 0.3) is 0 Å². The third kappa shape index (κ3) is 3.59. The molecule has 0 aliphatic rings. The molecule has 0 aliphatic carbocycles. The first-order valence-electron chi connectivity index (χ1n) is 6.29. The van der Waals surface area contributed by atoms with Crippen LogP contribution in [0.15, 0.2) is 24.5 Å². The predicted molar refractivity (Wildman–Crippen MR) is 77.6 cm³/mol. The number of halogens is 2. The molecule has 0 bridgehead atoms. The molecule has 0 spiro atoms. The van der Waals surface area contributed by atoms with Crippen LogP contribution in [0, 0.1) is 5.82 Å². The van der Waals surface area contributed by atoms with Crippen LogP contribution < -0.4 is 10.6 Å². The average molecular weight is 326 g/mol. The van der Waals surface area contributed by atoms with Gasteiger partial charge in [-0.25, -0.2) is 4.39 Å². The van der Waals surface area contributed by atoms with Crippen molar-refractivity contribution in [3.05, 3.63) is 41.2 Å². The quantitative estimate of drug-likeness (QED) is 0.835. The first kappa shape index (κ1) is 15.9. The molecule has 1 atom stereocenters. The van der Waals surface area contributed by atoms with Crippen molar-refractivity contribution in [2.45, 2.75) is 13.0 Å². The van der Waals surface area contributed by atoms with Crippen LogP contribution >= 0.6 is 11.6 Å². The van der Waals surface area contributed by atoms with Gasteiger partial charge in [-0.05, 0) is 25.1 Å². The minimum atomic E-state index is -0.957. The topological polar surface area (TPSA) is 88.9 Å². The Hall–Kier alpha value is -2.48. The van der Waals surface area contributed by atoms with Crippen LogP contribution in [0.2, 0.25) is 5.02 Å². The molecule has 2 aromatic rings. The van der Waals surface area contributed by atoms with Crippen LogP contribution in [0.3, 0.4) is 0 Å². The van der Waals surface area contributed by atoms with Gasteiger partial charge in [0, 0.05) is 7.05 Å². The lowest BCUT2D eigenvalue weighted by Gasteiger charge is -2.13. The molecular formula is C13H13ClFN5O2. The summed E-state index contributed by atoms with van der Waals surface area (Å²) in [6.07, 6.45) is 1.48. The highest BCUT2D eigenvalue weighted by atomic mass is 35.5. The van der Waals surface area contributed by atoms with Gasteiger partial charge in [-0.2, -0.15) is 0 Å². The zero-order chi connectivity index (χ0) is 16.3. The number of hydrogen-bond donors (Lipinski definition) is 2. The van der Waals surface area contributed by atoms with E-state index in [4.69, 9.17) is 11.6 Å². The lowest BCUT2D eigenvalue weighted by molar-refractivity contribution is -0.136. The standard InChI is InChI=1S/C13H13ClFN5O2/c1-7(11-19-16-6-20(11)2)17-12(21)13(22)18-10-5-8(15)3-4-9(10)14/h3-7H,1-2H3,(H,17,21)(H,18,22)/t7-/m1/s1. The number of nitrogens with one attached hydrogen (secondary N) is 2. The molecule has 2 amide bonds. The van der Waals surface area contributed by atoms with Gasteiger partial charge in [0.1, 0.15) is 12.1 Å². The second-order valence-corrected chi connectivity index (χ2v) is 4.98. The van der Waals surface area contributed by atoms with Crippen molar-refractivity contribution < 1.29 is 14.0 Å². The number of carbonyl (C=O) groups is 2. The molecule has 1 aromatic heterocycles. The minimum Gasteiger partial charge on any atom is -0.338 e. The molecule has 22 heavy (non-hydrogen) atoms. The molecule has 2 rings (SSSR count). The summed E-state index contributed by atoms with van der Waals surface area (Å²) >= 11 is 5.82. The highest BCUT2D eigenvalue weighted by Crippen LogP contribution is 2.22. The molecule has 0 aliphatic heterocycles. The molecule has 7 nitrogen and oxygen atoms in total. The second kappa shape index (κ2) is 6.52. The highest BCUT2D eigenvalue weighted by Gasteiger charge is 2.20. The zero-order valence-corrected chi connectivity index (χ0v) is 12.6. The van der Waals surface area contributed by atoms with E-state index in [-0.39, 0.29) is 10.7 Å². The molecule has 116 valence electrons. The molecule has 0 saturated carbocycles. The molecule has 1 heterocycles. The normalized spacial score (nSPS) is 11.8. The van der Waals surface area contributed by atoms with Crippen molar-refractivity contribution in [3.63, 3.8) is 0 Å². The van der Waals surface area contributed by atoms with Gasteiger partial charge in [-0.15, -0.1) is 10.2 Å². The van der Waals surface area contributed by atoms with E-state index in [2.05, 4.69) is 20.8 Å². The number of aryl methyl sites for hydroxylation is 1. The fourth-order valence-corrected chi connectivity index (χ4v) is 1.95. The number of rotatable bonds is 3. The van der Waals surface area contributed by atoms with Crippen LogP contribution in [0.1, 0.15) is 18.8 Å². The summed E-state index contributed by atoms with van der Waals surface area (Å²) in [5.74, 6) is -1.94. The molecule has 9 heteroatoms. The second-order valence-electron chi connectivity index (χ2n) is 4.57. The molecule has 0 unspecified atom stereocenters. The van der Waals surface area contributed by atoms with Gasteiger partial charge in [-0.1, -0.05) is 11.6 Å². The fraction of sp³-hybridized carbons (Fsp3) is 0.231. The van der Waals surface area contributed by atoms with E-state index < -0.39 is 23.7 Å². The summed E-state index contributed by atoms with van der Waals surface area (Å²) in [6.45, 7) is 1.66. The maximum atomic E-state index is 13.1. The van der Waals surface area contributed by atoms with E-state index in [1.807, 2.05) is 0 Å². The summed E-state index contributed by atoms with van der Waals surface area (Å²) in [4.78, 5) is 23.7. The number of carbonyl (C=O) groups excluding carboxylic acids is 2. The van der Waals surface area contributed by atoms with Crippen LogP contribution in [-0.2, 0) is 16.6 Å². The monoisotopic (exact) mass is 325 g/mol. The SMILES string of the molecule is C[C@@H](NC(=O)C(=O)Nc1cc(F)ccc1Cl)c1nncn1C. The van der Waals surface area contributed by atoms with Gasteiger partial charge in [-0.3, -0.25) is 9.59 Å². The molecular weight excluding hydrogens is 313 g/mol. The van der Waals surface area contributed by atoms with Crippen LogP contribution in [0.4, 0.5) is 10.1 Å². The summed E-state index contributed by atoms with van der Waals surface area (Å²) in [6, 6.07) is 2.94. The summed E-state index contributed by atoms with van der Waals surface area (Å²) in [7, 11) is 1.71. The van der Waals surface area contributed by atoms with E-state index in [1.54, 1.807) is 18.5 Å². The van der Waals surface area contributed by atoms with Gasteiger partial charge in [0.15, 0.2) is 5.82 Å². The summed E-state index contributed by atoms with van der Waals surface area (Å²) in [5, 5.41) is 12.4. The molecule has 1 aromatic carbocycles. The van der Waals surface area contributed by atoms with E-state index in [0.717, 1.165) is 12.1 Å². The fourth-order valence-electron chi connectivity index (χ4n) is 1.78. The zero-order valence-electron chi connectivity index (χ0n) is 11.8. The molecule has 0 fully saturated rings. The molecule has 0 saturated heterocycles. The van der Waals surface area contributed by atoms with Gasteiger partial charge >= 0.3 is 11.8 Å². The van der Waals surface area contributed by atoms with Crippen molar-refractivity contribution >= 4 is 29.1 Å². The Labute approximate surface area is 130 Å². The maximum absolute atomic E-state index is 13.1. The average Bonchev–Trinajstić information content (AvgIpc) is 2.89. The maximum Gasteiger partial charge on any atom is 0.313 e. The van der Waals surface area contributed by atoms with E-state index in [1.165, 1.54) is 12.4 Å². The number of hydrogen-bond acceptors (Lipinski definition) is 4. The van der Waals surface area contributed by atoms with Gasteiger partial charge in [0.2, 0.25) is 0 Å². The van der Waals surface area contributed by atoms with Gasteiger partial charge < -0.3 is 15.2 Å². The van der Waals surface area contributed by atoms with Gasteiger partial charge in [0.25, 0.3) is 0 Å². The Kier molecular flexibility index (Phi) is 4.71. The minimum absolute atomic E-state index is 0.0214. The number of amides is 2. The number of aromatic nitrogens is 3. The van der Waals surface area contributed by atoms with Crippen molar-refractivity contribution in [3.8, 4) is 0 Å². The van der Waals surface area contributed by atoms with Crippen molar-refractivity contribution in [1.29, 1.82) is 0 Å². The van der Waals surface area contributed by atoms with Crippen LogP contribution in [-0.4, -0.2) is 26.6 Å². The highest BCUT2D eigenvalue weighted by molar-refractivity contribution is 6.41. The third-order valence-corrected chi connectivity index (χ3v) is 3.19. The molecule has 0 radical (unpaired) electrons. The van der Waals surface area contributed by atoms with Crippen molar-refractivity contribution in [2.24, 2.45) is 7.05 Å². The Bertz CT molecular complexity index is 718. The third-order valence-electron chi connectivity index (χ3n) is 2.86. The number of benzene rings is 1. The van der Waals surface area contributed by atoms with Crippen molar-refractivity contribution in [2.75, 3.05) is 5.32 Å².